The number of benzene rings is 2. The van der Waals surface area contributed by atoms with Gasteiger partial charge in [-0.25, -0.2) is 9.18 Å². The summed E-state index contributed by atoms with van der Waals surface area (Å²) in [5.74, 6) is 0.427. The molecule has 1 N–H and O–H groups in total. The van der Waals surface area contributed by atoms with Gasteiger partial charge in [0.2, 0.25) is 0 Å². The summed E-state index contributed by atoms with van der Waals surface area (Å²) in [5.41, 5.74) is 1.65. The fourth-order valence-electron chi connectivity index (χ4n) is 2.14. The SMILES string of the molecule is COc1ccccc1CNC(=O)N(C)Cc1cccc(F)c1. The van der Waals surface area contributed by atoms with Crippen molar-refractivity contribution < 1.29 is 13.9 Å². The molecule has 4 nitrogen and oxygen atoms in total. The Morgan fingerprint density at radius 2 is 2.00 bits per heavy atom. The quantitative estimate of drug-likeness (QED) is 0.921. The molecule has 116 valence electrons. The van der Waals surface area contributed by atoms with E-state index in [1.165, 1.54) is 17.0 Å². The van der Waals surface area contributed by atoms with E-state index >= 15 is 0 Å². The molecule has 0 aliphatic rings. The Balaban J connectivity index is 1.91. The van der Waals surface area contributed by atoms with Gasteiger partial charge in [0.05, 0.1) is 7.11 Å². The molecular weight excluding hydrogens is 283 g/mol. The summed E-state index contributed by atoms with van der Waals surface area (Å²) in [6.07, 6.45) is 0. The van der Waals surface area contributed by atoms with Gasteiger partial charge in [-0.3, -0.25) is 0 Å². The van der Waals surface area contributed by atoms with Gasteiger partial charge in [0.15, 0.2) is 0 Å². The number of ether oxygens (including phenoxy) is 1. The van der Waals surface area contributed by atoms with Crippen molar-refractivity contribution >= 4 is 6.03 Å². The van der Waals surface area contributed by atoms with E-state index in [1.54, 1.807) is 26.3 Å². The number of rotatable bonds is 5. The lowest BCUT2D eigenvalue weighted by Crippen LogP contribution is -2.36. The van der Waals surface area contributed by atoms with Crippen LogP contribution in [0.1, 0.15) is 11.1 Å². The molecule has 0 heterocycles. The van der Waals surface area contributed by atoms with E-state index in [2.05, 4.69) is 5.32 Å². The molecule has 0 aromatic heterocycles. The summed E-state index contributed by atoms with van der Waals surface area (Å²) in [6, 6.07) is 13.5. The monoisotopic (exact) mass is 302 g/mol. The van der Waals surface area contributed by atoms with Gasteiger partial charge in [0.1, 0.15) is 11.6 Å². The average molecular weight is 302 g/mol. The largest absolute Gasteiger partial charge is 0.496 e. The van der Waals surface area contributed by atoms with Crippen molar-refractivity contribution in [2.75, 3.05) is 14.2 Å². The first kappa shape index (κ1) is 15.8. The fraction of sp³-hybridized carbons (Fsp3) is 0.235. The smallest absolute Gasteiger partial charge is 0.317 e. The third-order valence-corrected chi connectivity index (χ3v) is 3.28. The Labute approximate surface area is 129 Å². The number of hydrogen-bond donors (Lipinski definition) is 1. The summed E-state index contributed by atoms with van der Waals surface area (Å²) >= 11 is 0. The fourth-order valence-corrected chi connectivity index (χ4v) is 2.14. The second-order valence-electron chi connectivity index (χ2n) is 4.96. The standard InChI is InChI=1S/C17H19FN2O2/c1-20(12-13-6-5-8-15(18)10-13)17(21)19-11-14-7-3-4-9-16(14)22-2/h3-10H,11-12H2,1-2H3,(H,19,21). The van der Waals surface area contributed by atoms with E-state index < -0.39 is 0 Å². The maximum atomic E-state index is 13.1. The molecule has 0 spiro atoms. The van der Waals surface area contributed by atoms with Gasteiger partial charge in [0.25, 0.3) is 0 Å². The highest BCUT2D eigenvalue weighted by atomic mass is 19.1. The van der Waals surface area contributed by atoms with Crippen LogP contribution in [0.15, 0.2) is 48.5 Å². The van der Waals surface area contributed by atoms with Crippen LogP contribution in [0.25, 0.3) is 0 Å². The van der Waals surface area contributed by atoms with E-state index in [0.717, 1.165) is 16.9 Å². The van der Waals surface area contributed by atoms with E-state index in [0.29, 0.717) is 13.1 Å². The van der Waals surface area contributed by atoms with Gasteiger partial charge in [-0.15, -0.1) is 0 Å². The molecule has 2 amide bonds. The second-order valence-corrected chi connectivity index (χ2v) is 4.96. The Hall–Kier alpha value is -2.56. The summed E-state index contributed by atoms with van der Waals surface area (Å²) < 4.78 is 18.4. The molecule has 22 heavy (non-hydrogen) atoms. The van der Waals surface area contributed by atoms with Crippen molar-refractivity contribution in [2.45, 2.75) is 13.1 Å². The number of para-hydroxylation sites is 1. The first-order valence-electron chi connectivity index (χ1n) is 6.95. The minimum absolute atomic E-state index is 0.227. The van der Waals surface area contributed by atoms with Gasteiger partial charge in [-0.2, -0.15) is 0 Å². The zero-order valence-corrected chi connectivity index (χ0v) is 12.7. The number of methoxy groups -OCH3 is 1. The number of carbonyl (C=O) groups is 1. The van der Waals surface area contributed by atoms with Crippen molar-refractivity contribution in [3.63, 3.8) is 0 Å². The highest BCUT2D eigenvalue weighted by Gasteiger charge is 2.10. The first-order chi connectivity index (χ1) is 10.6. The molecule has 5 heteroatoms. The van der Waals surface area contributed by atoms with Crippen LogP contribution in [0.3, 0.4) is 0 Å². The molecule has 0 atom stereocenters. The summed E-state index contributed by atoms with van der Waals surface area (Å²) in [6.45, 7) is 0.714. The Kier molecular flexibility index (Phi) is 5.36. The van der Waals surface area contributed by atoms with Gasteiger partial charge >= 0.3 is 6.03 Å². The number of amides is 2. The number of hydrogen-bond acceptors (Lipinski definition) is 2. The lowest BCUT2D eigenvalue weighted by molar-refractivity contribution is 0.206. The van der Waals surface area contributed by atoms with Crippen LogP contribution in [-0.4, -0.2) is 25.1 Å². The molecule has 0 unspecified atom stereocenters. The molecule has 2 aromatic carbocycles. The van der Waals surface area contributed by atoms with E-state index in [4.69, 9.17) is 4.74 Å². The van der Waals surface area contributed by atoms with Crippen LogP contribution in [0.2, 0.25) is 0 Å². The molecule has 0 aliphatic carbocycles. The average Bonchev–Trinajstić information content (AvgIpc) is 2.52. The molecule has 0 saturated heterocycles. The Morgan fingerprint density at radius 3 is 2.73 bits per heavy atom. The Morgan fingerprint density at radius 1 is 1.23 bits per heavy atom. The highest BCUT2D eigenvalue weighted by Crippen LogP contribution is 2.16. The molecule has 2 rings (SSSR count). The maximum Gasteiger partial charge on any atom is 0.317 e. The van der Waals surface area contributed by atoms with Crippen LogP contribution < -0.4 is 10.1 Å². The number of urea groups is 1. The maximum absolute atomic E-state index is 13.1. The van der Waals surface area contributed by atoms with Crippen molar-refractivity contribution in [3.05, 3.63) is 65.5 Å². The minimum atomic E-state index is -0.305. The number of halogens is 1. The predicted octanol–water partition coefficient (Wildman–Crippen LogP) is 3.18. The zero-order valence-electron chi connectivity index (χ0n) is 12.7. The topological polar surface area (TPSA) is 41.6 Å². The van der Waals surface area contributed by atoms with Crippen LogP contribution in [0.5, 0.6) is 5.75 Å². The molecule has 0 radical (unpaired) electrons. The third-order valence-electron chi connectivity index (χ3n) is 3.28. The molecule has 0 fully saturated rings. The van der Waals surface area contributed by atoms with Crippen LogP contribution in [0.4, 0.5) is 9.18 Å². The van der Waals surface area contributed by atoms with E-state index in [-0.39, 0.29) is 11.8 Å². The predicted molar refractivity (Wildman–Crippen MR) is 83.1 cm³/mol. The van der Waals surface area contributed by atoms with Crippen molar-refractivity contribution in [3.8, 4) is 5.75 Å². The van der Waals surface area contributed by atoms with Crippen LogP contribution in [-0.2, 0) is 13.1 Å². The summed E-state index contributed by atoms with van der Waals surface area (Å²) in [5, 5.41) is 2.82. The van der Waals surface area contributed by atoms with E-state index in [1.807, 2.05) is 24.3 Å². The van der Waals surface area contributed by atoms with Gasteiger partial charge in [0, 0.05) is 25.7 Å². The summed E-state index contributed by atoms with van der Waals surface area (Å²) in [7, 11) is 3.26. The zero-order chi connectivity index (χ0) is 15.9. The lowest BCUT2D eigenvalue weighted by Gasteiger charge is -2.18. The van der Waals surface area contributed by atoms with Crippen LogP contribution >= 0.6 is 0 Å². The van der Waals surface area contributed by atoms with Crippen molar-refractivity contribution in [1.29, 1.82) is 0 Å². The number of carbonyl (C=O) groups excluding carboxylic acids is 1. The second kappa shape index (κ2) is 7.45. The number of nitrogens with one attached hydrogen (secondary N) is 1. The number of nitrogens with zero attached hydrogens (tertiary/aromatic N) is 1. The lowest BCUT2D eigenvalue weighted by atomic mass is 10.2. The van der Waals surface area contributed by atoms with Gasteiger partial charge < -0.3 is 15.0 Å². The highest BCUT2D eigenvalue weighted by molar-refractivity contribution is 5.73. The third kappa shape index (κ3) is 4.22. The van der Waals surface area contributed by atoms with Crippen molar-refractivity contribution in [2.24, 2.45) is 0 Å². The summed E-state index contributed by atoms with van der Waals surface area (Å²) in [4.78, 5) is 13.6. The van der Waals surface area contributed by atoms with Crippen molar-refractivity contribution in [1.82, 2.24) is 10.2 Å². The molecule has 0 aliphatic heterocycles. The molecular formula is C17H19FN2O2. The van der Waals surface area contributed by atoms with Gasteiger partial charge in [-0.05, 0) is 23.8 Å². The van der Waals surface area contributed by atoms with Gasteiger partial charge in [-0.1, -0.05) is 30.3 Å². The minimum Gasteiger partial charge on any atom is -0.496 e. The molecule has 0 bridgehead atoms. The molecule has 2 aromatic rings. The first-order valence-corrected chi connectivity index (χ1v) is 6.95. The molecule has 0 saturated carbocycles. The normalized spacial score (nSPS) is 10.1. The van der Waals surface area contributed by atoms with Crippen LogP contribution in [0, 0.1) is 5.82 Å². The Bertz CT molecular complexity index is 646. The van der Waals surface area contributed by atoms with E-state index in [9.17, 15) is 9.18 Å².